The van der Waals surface area contributed by atoms with Crippen LogP contribution in [0, 0.1) is 6.92 Å². The zero-order chi connectivity index (χ0) is 18.1. The molecule has 2 heterocycles. The number of hydrogen-bond acceptors (Lipinski definition) is 4. The second-order valence-corrected chi connectivity index (χ2v) is 6.65. The zero-order valence-electron chi connectivity index (χ0n) is 14.8. The van der Waals surface area contributed by atoms with E-state index in [1.54, 1.807) is 7.05 Å². The minimum atomic E-state index is -0.219. The third kappa shape index (κ3) is 3.33. The molecular weight excluding hydrogens is 330 g/mol. The van der Waals surface area contributed by atoms with Crippen LogP contribution < -0.4 is 5.32 Å². The SMILES string of the molecule is Cc1c(NC(=O)N(C)Cc2nc(C3CC3)no2)cccc1-n1cccc1. The number of nitrogens with zero attached hydrogens (tertiary/aromatic N) is 4. The molecule has 0 saturated heterocycles. The number of aromatic nitrogens is 3. The summed E-state index contributed by atoms with van der Waals surface area (Å²) in [7, 11) is 1.71. The first kappa shape index (κ1) is 16.4. The molecule has 0 aliphatic heterocycles. The predicted molar refractivity (Wildman–Crippen MR) is 97.3 cm³/mol. The van der Waals surface area contributed by atoms with E-state index in [-0.39, 0.29) is 12.6 Å². The fraction of sp³-hybridized carbons (Fsp3) is 0.316. The third-order valence-electron chi connectivity index (χ3n) is 4.57. The van der Waals surface area contributed by atoms with Crippen molar-refractivity contribution in [2.45, 2.75) is 32.2 Å². The summed E-state index contributed by atoms with van der Waals surface area (Å²) in [5.41, 5.74) is 2.80. The largest absolute Gasteiger partial charge is 0.337 e. The van der Waals surface area contributed by atoms with Gasteiger partial charge in [-0.25, -0.2) is 4.79 Å². The van der Waals surface area contributed by atoms with Crippen LogP contribution in [-0.4, -0.2) is 32.7 Å². The van der Waals surface area contributed by atoms with E-state index in [0.717, 1.165) is 35.6 Å². The van der Waals surface area contributed by atoms with Crippen molar-refractivity contribution < 1.29 is 9.32 Å². The Morgan fingerprint density at radius 2 is 2.08 bits per heavy atom. The molecule has 26 heavy (non-hydrogen) atoms. The molecule has 1 saturated carbocycles. The molecule has 1 N–H and O–H groups in total. The predicted octanol–water partition coefficient (Wildman–Crippen LogP) is 3.71. The average Bonchev–Trinajstić information content (AvgIpc) is 3.14. The van der Waals surface area contributed by atoms with Crippen LogP contribution in [0.5, 0.6) is 0 Å². The number of amides is 2. The van der Waals surface area contributed by atoms with Gasteiger partial charge in [-0.05, 0) is 49.6 Å². The first-order valence-electron chi connectivity index (χ1n) is 8.69. The number of benzene rings is 1. The lowest BCUT2D eigenvalue weighted by Crippen LogP contribution is -2.31. The first-order chi connectivity index (χ1) is 12.6. The molecule has 2 amide bonds. The Hall–Kier alpha value is -3.09. The highest BCUT2D eigenvalue weighted by Crippen LogP contribution is 2.38. The lowest BCUT2D eigenvalue weighted by molar-refractivity contribution is 0.213. The van der Waals surface area contributed by atoms with Crippen LogP contribution in [0.4, 0.5) is 10.5 Å². The maximum absolute atomic E-state index is 12.5. The van der Waals surface area contributed by atoms with Crippen molar-refractivity contribution in [2.24, 2.45) is 0 Å². The van der Waals surface area contributed by atoms with Crippen LogP contribution in [0.2, 0.25) is 0 Å². The molecule has 0 bridgehead atoms. The number of rotatable bonds is 5. The van der Waals surface area contributed by atoms with Crippen molar-refractivity contribution in [2.75, 3.05) is 12.4 Å². The second-order valence-electron chi connectivity index (χ2n) is 6.65. The van der Waals surface area contributed by atoms with Gasteiger partial charge in [-0.1, -0.05) is 11.2 Å². The average molecular weight is 351 g/mol. The molecule has 1 aromatic carbocycles. The highest BCUT2D eigenvalue weighted by atomic mass is 16.5. The molecule has 134 valence electrons. The van der Waals surface area contributed by atoms with Crippen molar-refractivity contribution >= 4 is 11.7 Å². The van der Waals surface area contributed by atoms with Gasteiger partial charge in [-0.2, -0.15) is 4.98 Å². The van der Waals surface area contributed by atoms with E-state index in [4.69, 9.17) is 4.52 Å². The minimum absolute atomic E-state index is 0.219. The van der Waals surface area contributed by atoms with Crippen LogP contribution >= 0.6 is 0 Å². The Bertz CT molecular complexity index is 912. The molecule has 7 heteroatoms. The van der Waals surface area contributed by atoms with Gasteiger partial charge in [0.05, 0.1) is 0 Å². The van der Waals surface area contributed by atoms with Crippen molar-refractivity contribution in [3.63, 3.8) is 0 Å². The Balaban J connectivity index is 1.44. The molecule has 1 aliphatic rings. The fourth-order valence-electron chi connectivity index (χ4n) is 2.86. The minimum Gasteiger partial charge on any atom is -0.337 e. The second kappa shape index (κ2) is 6.67. The fourth-order valence-corrected chi connectivity index (χ4v) is 2.86. The van der Waals surface area contributed by atoms with Gasteiger partial charge in [0.25, 0.3) is 0 Å². The normalized spacial score (nSPS) is 13.6. The molecular formula is C19H21N5O2. The molecule has 0 radical (unpaired) electrons. The van der Waals surface area contributed by atoms with E-state index in [1.807, 2.05) is 54.2 Å². The van der Waals surface area contributed by atoms with Gasteiger partial charge in [0.1, 0.15) is 6.54 Å². The summed E-state index contributed by atoms with van der Waals surface area (Å²) >= 11 is 0. The van der Waals surface area contributed by atoms with Crippen LogP contribution in [0.25, 0.3) is 5.69 Å². The Kier molecular flexibility index (Phi) is 4.20. The van der Waals surface area contributed by atoms with Crippen LogP contribution in [-0.2, 0) is 6.54 Å². The molecule has 0 atom stereocenters. The third-order valence-corrected chi connectivity index (χ3v) is 4.57. The number of carbonyl (C=O) groups excluding carboxylic acids is 1. The summed E-state index contributed by atoms with van der Waals surface area (Å²) in [4.78, 5) is 18.4. The number of hydrogen-bond donors (Lipinski definition) is 1. The highest BCUT2D eigenvalue weighted by Gasteiger charge is 2.29. The summed E-state index contributed by atoms with van der Waals surface area (Å²) in [5.74, 6) is 1.65. The summed E-state index contributed by atoms with van der Waals surface area (Å²) in [6, 6.07) is 9.57. The molecule has 0 spiro atoms. The Morgan fingerprint density at radius 3 is 2.81 bits per heavy atom. The lowest BCUT2D eigenvalue weighted by atomic mass is 10.1. The Morgan fingerprint density at radius 1 is 1.31 bits per heavy atom. The van der Waals surface area contributed by atoms with Gasteiger partial charge in [0.15, 0.2) is 5.82 Å². The molecule has 4 rings (SSSR count). The van der Waals surface area contributed by atoms with E-state index in [1.165, 1.54) is 4.90 Å². The van der Waals surface area contributed by atoms with Crippen molar-refractivity contribution in [3.8, 4) is 5.69 Å². The molecule has 1 fully saturated rings. The van der Waals surface area contributed by atoms with Gasteiger partial charge < -0.3 is 19.3 Å². The lowest BCUT2D eigenvalue weighted by Gasteiger charge is -2.18. The smallest absolute Gasteiger partial charge is 0.322 e. The Labute approximate surface area is 151 Å². The van der Waals surface area contributed by atoms with E-state index in [0.29, 0.717) is 11.8 Å². The van der Waals surface area contributed by atoms with E-state index in [2.05, 4.69) is 15.5 Å². The van der Waals surface area contributed by atoms with E-state index >= 15 is 0 Å². The standard InChI is InChI=1S/C19H21N5O2/c1-13-15(6-5-7-16(13)24-10-3-4-11-24)20-19(25)23(2)12-17-21-18(22-26-17)14-8-9-14/h3-7,10-11,14H,8-9,12H2,1-2H3,(H,20,25). The van der Waals surface area contributed by atoms with Crippen molar-refractivity contribution in [1.82, 2.24) is 19.6 Å². The number of nitrogens with one attached hydrogen (secondary N) is 1. The van der Waals surface area contributed by atoms with Crippen molar-refractivity contribution in [1.29, 1.82) is 0 Å². The zero-order valence-corrected chi connectivity index (χ0v) is 14.8. The number of carbonyl (C=O) groups is 1. The quantitative estimate of drug-likeness (QED) is 0.760. The van der Waals surface area contributed by atoms with E-state index in [9.17, 15) is 4.79 Å². The molecule has 7 nitrogen and oxygen atoms in total. The maximum atomic E-state index is 12.5. The maximum Gasteiger partial charge on any atom is 0.322 e. The highest BCUT2D eigenvalue weighted by molar-refractivity contribution is 5.90. The van der Waals surface area contributed by atoms with Gasteiger partial charge >= 0.3 is 6.03 Å². The van der Waals surface area contributed by atoms with Gasteiger partial charge in [-0.15, -0.1) is 0 Å². The number of urea groups is 1. The molecule has 1 aliphatic carbocycles. The summed E-state index contributed by atoms with van der Waals surface area (Å²) in [5, 5.41) is 6.94. The van der Waals surface area contributed by atoms with Crippen LogP contribution in [0.15, 0.2) is 47.2 Å². The van der Waals surface area contributed by atoms with Gasteiger partial charge in [0.2, 0.25) is 5.89 Å². The molecule has 0 unspecified atom stereocenters. The van der Waals surface area contributed by atoms with Crippen LogP contribution in [0.3, 0.4) is 0 Å². The van der Waals surface area contributed by atoms with E-state index < -0.39 is 0 Å². The molecule has 2 aromatic heterocycles. The van der Waals surface area contributed by atoms with Gasteiger partial charge in [0, 0.05) is 36.7 Å². The summed E-state index contributed by atoms with van der Waals surface area (Å²) in [6.45, 7) is 2.27. The molecule has 3 aromatic rings. The number of anilines is 1. The van der Waals surface area contributed by atoms with Gasteiger partial charge in [-0.3, -0.25) is 0 Å². The monoisotopic (exact) mass is 351 g/mol. The first-order valence-corrected chi connectivity index (χ1v) is 8.69. The summed E-state index contributed by atoms with van der Waals surface area (Å²) in [6.07, 6.45) is 6.19. The van der Waals surface area contributed by atoms with Crippen LogP contribution in [0.1, 0.15) is 36.0 Å². The summed E-state index contributed by atoms with van der Waals surface area (Å²) < 4.78 is 7.26. The topological polar surface area (TPSA) is 76.2 Å². The van der Waals surface area contributed by atoms with Crippen molar-refractivity contribution in [3.05, 3.63) is 60.0 Å².